The molecule has 0 unspecified atom stereocenters. The van der Waals surface area contributed by atoms with Crippen LogP contribution in [0, 0.1) is 0 Å². The van der Waals surface area contributed by atoms with Crippen molar-refractivity contribution >= 4 is 29.1 Å². The van der Waals surface area contributed by atoms with Crippen LogP contribution in [0.4, 0.5) is 0 Å². The van der Waals surface area contributed by atoms with Gasteiger partial charge in [-0.25, -0.2) is 0 Å². The van der Waals surface area contributed by atoms with Gasteiger partial charge >= 0.3 is 0 Å². The van der Waals surface area contributed by atoms with E-state index in [0.717, 1.165) is 0 Å². The smallest absolute Gasteiger partial charge is 0.260 e. The van der Waals surface area contributed by atoms with E-state index in [0.29, 0.717) is 23.2 Å². The number of hydrogen-bond donors (Lipinski definition) is 0. The first-order valence-corrected chi connectivity index (χ1v) is 5.73. The standard InChI is InChI=1S/C11H13Cl2NO2/c1-14(7-6-12)11(15)8-16-10-4-2-9(13)3-5-10/h2-5H,6-8H2,1H3. The largest absolute Gasteiger partial charge is 0.484 e. The summed E-state index contributed by atoms with van der Waals surface area (Å²) in [5.74, 6) is 0.941. The SMILES string of the molecule is CN(CCCl)C(=O)COc1ccc(Cl)cc1. The molecule has 0 saturated carbocycles. The van der Waals surface area contributed by atoms with E-state index < -0.39 is 0 Å². The number of rotatable bonds is 5. The zero-order valence-electron chi connectivity index (χ0n) is 8.95. The maximum Gasteiger partial charge on any atom is 0.260 e. The molecule has 0 bridgehead atoms. The Morgan fingerprint density at radius 1 is 1.38 bits per heavy atom. The van der Waals surface area contributed by atoms with Gasteiger partial charge < -0.3 is 9.64 Å². The topological polar surface area (TPSA) is 29.5 Å². The van der Waals surface area contributed by atoms with Gasteiger partial charge in [-0.05, 0) is 24.3 Å². The van der Waals surface area contributed by atoms with Crippen molar-refractivity contribution in [3.8, 4) is 5.75 Å². The first-order chi connectivity index (χ1) is 7.63. The molecule has 3 nitrogen and oxygen atoms in total. The van der Waals surface area contributed by atoms with Gasteiger partial charge in [-0.2, -0.15) is 0 Å². The fourth-order valence-electron chi connectivity index (χ4n) is 1.04. The number of benzene rings is 1. The second-order valence-electron chi connectivity index (χ2n) is 3.25. The lowest BCUT2D eigenvalue weighted by atomic mass is 10.3. The molecule has 0 heterocycles. The van der Waals surface area contributed by atoms with Gasteiger partial charge in [0.05, 0.1) is 0 Å². The molecule has 16 heavy (non-hydrogen) atoms. The Hall–Kier alpha value is -0.930. The Balaban J connectivity index is 2.39. The lowest BCUT2D eigenvalue weighted by Gasteiger charge is -2.15. The molecule has 1 amide bonds. The molecule has 0 N–H and O–H groups in total. The molecule has 1 aromatic rings. The van der Waals surface area contributed by atoms with E-state index in [1.54, 1.807) is 31.3 Å². The Bertz CT molecular complexity index is 340. The van der Waals surface area contributed by atoms with Crippen molar-refractivity contribution in [1.29, 1.82) is 0 Å². The summed E-state index contributed by atoms with van der Waals surface area (Å²) in [6, 6.07) is 6.86. The highest BCUT2D eigenvalue weighted by Crippen LogP contribution is 2.15. The first-order valence-electron chi connectivity index (χ1n) is 4.82. The van der Waals surface area contributed by atoms with E-state index in [-0.39, 0.29) is 12.5 Å². The van der Waals surface area contributed by atoms with Crippen LogP contribution in [0.5, 0.6) is 5.75 Å². The highest BCUT2D eigenvalue weighted by atomic mass is 35.5. The first kappa shape index (κ1) is 13.1. The molecule has 5 heteroatoms. The van der Waals surface area contributed by atoms with Crippen molar-refractivity contribution in [3.63, 3.8) is 0 Å². The Kier molecular flexibility index (Phi) is 5.43. The third kappa shape index (κ3) is 4.29. The summed E-state index contributed by atoms with van der Waals surface area (Å²) in [5.41, 5.74) is 0. The minimum Gasteiger partial charge on any atom is -0.484 e. The third-order valence-electron chi connectivity index (χ3n) is 2.02. The van der Waals surface area contributed by atoms with Gasteiger partial charge in [0.1, 0.15) is 5.75 Å². The van der Waals surface area contributed by atoms with Crippen LogP contribution in [0.25, 0.3) is 0 Å². The molecule has 1 aromatic carbocycles. The number of carbonyl (C=O) groups is 1. The lowest BCUT2D eigenvalue weighted by molar-refractivity contribution is -0.131. The predicted molar refractivity (Wildman–Crippen MR) is 65.3 cm³/mol. The van der Waals surface area contributed by atoms with Gasteiger partial charge in [-0.3, -0.25) is 4.79 Å². The predicted octanol–water partition coefficient (Wildman–Crippen LogP) is 2.42. The van der Waals surface area contributed by atoms with Crippen LogP contribution in [0.2, 0.25) is 5.02 Å². The van der Waals surface area contributed by atoms with Crippen molar-refractivity contribution < 1.29 is 9.53 Å². The molecule has 0 saturated heterocycles. The molecule has 88 valence electrons. The van der Waals surface area contributed by atoms with E-state index in [2.05, 4.69) is 0 Å². The quantitative estimate of drug-likeness (QED) is 0.762. The molecule has 0 fully saturated rings. The molecule has 0 aliphatic carbocycles. The Morgan fingerprint density at radius 3 is 2.56 bits per heavy atom. The molecule has 0 spiro atoms. The average Bonchev–Trinajstić information content (AvgIpc) is 2.28. The van der Waals surface area contributed by atoms with Gasteiger partial charge in [0.25, 0.3) is 5.91 Å². The summed E-state index contributed by atoms with van der Waals surface area (Å²) in [5, 5.41) is 0.637. The average molecular weight is 262 g/mol. The number of nitrogens with zero attached hydrogens (tertiary/aromatic N) is 1. The van der Waals surface area contributed by atoms with E-state index in [1.807, 2.05) is 0 Å². The minimum atomic E-state index is -0.101. The van der Waals surface area contributed by atoms with Gasteiger partial charge in [-0.15, -0.1) is 11.6 Å². The summed E-state index contributed by atoms with van der Waals surface area (Å²) in [6.45, 7) is 0.527. The fourth-order valence-corrected chi connectivity index (χ4v) is 1.42. The minimum absolute atomic E-state index is 0.00895. The second kappa shape index (κ2) is 6.61. The van der Waals surface area contributed by atoms with Gasteiger partial charge in [0, 0.05) is 24.5 Å². The maximum absolute atomic E-state index is 11.5. The summed E-state index contributed by atoms with van der Waals surface area (Å²) in [6.07, 6.45) is 0. The molecule has 1 rings (SSSR count). The highest BCUT2D eigenvalue weighted by molar-refractivity contribution is 6.30. The number of carbonyl (C=O) groups excluding carboxylic acids is 1. The molecule has 0 aliphatic heterocycles. The number of amides is 1. The molecule has 0 aromatic heterocycles. The van der Waals surface area contributed by atoms with Crippen LogP contribution < -0.4 is 4.74 Å². The summed E-state index contributed by atoms with van der Waals surface area (Å²) in [7, 11) is 1.69. The third-order valence-corrected chi connectivity index (χ3v) is 2.44. The number of ether oxygens (including phenoxy) is 1. The summed E-state index contributed by atoms with van der Waals surface area (Å²) in [4.78, 5) is 13.0. The van der Waals surface area contributed by atoms with Crippen LogP contribution in [-0.2, 0) is 4.79 Å². The molecular weight excluding hydrogens is 249 g/mol. The van der Waals surface area contributed by atoms with Crippen molar-refractivity contribution in [1.82, 2.24) is 4.90 Å². The van der Waals surface area contributed by atoms with Crippen LogP contribution >= 0.6 is 23.2 Å². The van der Waals surface area contributed by atoms with Gasteiger partial charge in [0.15, 0.2) is 6.61 Å². The van der Waals surface area contributed by atoms with Crippen molar-refractivity contribution in [2.45, 2.75) is 0 Å². The van der Waals surface area contributed by atoms with E-state index in [4.69, 9.17) is 27.9 Å². The lowest BCUT2D eigenvalue weighted by Crippen LogP contribution is -2.32. The summed E-state index contributed by atoms with van der Waals surface area (Å²) >= 11 is 11.2. The Morgan fingerprint density at radius 2 is 2.00 bits per heavy atom. The van der Waals surface area contributed by atoms with Crippen molar-refractivity contribution in [3.05, 3.63) is 29.3 Å². The maximum atomic E-state index is 11.5. The Labute approximate surface area is 105 Å². The number of likely N-dealkylation sites (N-methyl/N-ethyl adjacent to an activating group) is 1. The van der Waals surface area contributed by atoms with Crippen LogP contribution in [0.3, 0.4) is 0 Å². The van der Waals surface area contributed by atoms with E-state index >= 15 is 0 Å². The normalized spacial score (nSPS) is 9.94. The van der Waals surface area contributed by atoms with Crippen LogP contribution in [0.1, 0.15) is 0 Å². The van der Waals surface area contributed by atoms with Crippen molar-refractivity contribution in [2.24, 2.45) is 0 Å². The van der Waals surface area contributed by atoms with Crippen molar-refractivity contribution in [2.75, 3.05) is 26.1 Å². The zero-order valence-corrected chi connectivity index (χ0v) is 10.5. The molecule has 0 aliphatic rings. The van der Waals surface area contributed by atoms with Gasteiger partial charge in [-0.1, -0.05) is 11.6 Å². The summed E-state index contributed by atoms with van der Waals surface area (Å²) < 4.78 is 5.30. The molecule has 0 atom stereocenters. The fraction of sp³-hybridized carbons (Fsp3) is 0.364. The van der Waals surface area contributed by atoms with Crippen LogP contribution in [-0.4, -0.2) is 36.9 Å². The van der Waals surface area contributed by atoms with E-state index in [1.165, 1.54) is 4.90 Å². The monoisotopic (exact) mass is 261 g/mol. The number of hydrogen-bond acceptors (Lipinski definition) is 2. The second-order valence-corrected chi connectivity index (χ2v) is 4.06. The van der Waals surface area contributed by atoms with Crippen LogP contribution in [0.15, 0.2) is 24.3 Å². The number of alkyl halides is 1. The highest BCUT2D eigenvalue weighted by Gasteiger charge is 2.08. The van der Waals surface area contributed by atoms with Gasteiger partial charge in [0.2, 0.25) is 0 Å². The van der Waals surface area contributed by atoms with E-state index in [9.17, 15) is 4.79 Å². The molecule has 0 radical (unpaired) electrons. The number of halogens is 2. The molecular formula is C11H13Cl2NO2. The zero-order chi connectivity index (χ0) is 12.0.